The second kappa shape index (κ2) is 5.25. The van der Waals surface area contributed by atoms with Gasteiger partial charge in [0, 0.05) is 19.6 Å². The van der Waals surface area contributed by atoms with Crippen LogP contribution in [0.3, 0.4) is 0 Å². The molecule has 1 saturated heterocycles. The molecular weight excluding hydrogens is 258 g/mol. The van der Waals surface area contributed by atoms with Crippen LogP contribution >= 0.6 is 0 Å². The van der Waals surface area contributed by atoms with Crippen molar-refractivity contribution in [3.05, 3.63) is 30.3 Å². The average Bonchev–Trinajstić information content (AvgIpc) is 2.97. The van der Waals surface area contributed by atoms with Gasteiger partial charge in [0.2, 0.25) is 5.91 Å². The summed E-state index contributed by atoms with van der Waals surface area (Å²) in [5, 5.41) is 14.9. The minimum absolute atomic E-state index is 0.389. The monoisotopic (exact) mass is 273 g/mol. The Morgan fingerprint density at radius 1 is 1.35 bits per heavy atom. The molecular formula is C12H15N7O. The van der Waals surface area contributed by atoms with Crippen LogP contribution in [0.4, 0.5) is 5.95 Å². The van der Waals surface area contributed by atoms with E-state index in [2.05, 4.69) is 20.8 Å². The van der Waals surface area contributed by atoms with Crippen molar-refractivity contribution in [2.24, 2.45) is 5.73 Å². The van der Waals surface area contributed by atoms with Crippen molar-refractivity contribution in [3.63, 3.8) is 0 Å². The number of carbonyl (C=O) groups excluding carboxylic acids is 1. The molecule has 1 aromatic carbocycles. The third kappa shape index (κ3) is 2.21. The van der Waals surface area contributed by atoms with Crippen molar-refractivity contribution in [2.45, 2.75) is 6.04 Å². The lowest BCUT2D eigenvalue weighted by molar-refractivity contribution is -0.119. The number of tetrazole rings is 1. The highest BCUT2D eigenvalue weighted by Gasteiger charge is 2.30. The first-order valence-electron chi connectivity index (χ1n) is 6.38. The molecule has 0 bridgehead atoms. The molecule has 0 aliphatic carbocycles. The molecule has 8 nitrogen and oxygen atoms in total. The number of carbonyl (C=O) groups is 1. The zero-order chi connectivity index (χ0) is 13.9. The van der Waals surface area contributed by atoms with E-state index in [0.717, 1.165) is 12.2 Å². The summed E-state index contributed by atoms with van der Waals surface area (Å²) in [5.74, 6) is 0.140. The molecule has 1 aliphatic rings. The van der Waals surface area contributed by atoms with Gasteiger partial charge < -0.3 is 16.0 Å². The van der Waals surface area contributed by atoms with Crippen molar-refractivity contribution in [1.29, 1.82) is 0 Å². The standard InChI is InChI=1S/C12H15N7O/c13-11(20)10-8-14-6-7-18(10)12-15-16-17-19(12)9-4-2-1-3-5-9/h1-5,10,14H,6-8H2,(H2,13,20). The Morgan fingerprint density at radius 3 is 2.90 bits per heavy atom. The van der Waals surface area contributed by atoms with Crippen molar-refractivity contribution in [3.8, 4) is 5.69 Å². The smallest absolute Gasteiger partial charge is 0.251 e. The Kier molecular flexibility index (Phi) is 3.30. The largest absolute Gasteiger partial charge is 0.368 e. The van der Waals surface area contributed by atoms with Crippen LogP contribution in [0.15, 0.2) is 30.3 Å². The molecule has 1 fully saturated rings. The number of para-hydroxylation sites is 1. The second-order valence-electron chi connectivity index (χ2n) is 4.54. The molecule has 1 aromatic heterocycles. The van der Waals surface area contributed by atoms with E-state index >= 15 is 0 Å². The number of nitrogens with two attached hydrogens (primary N) is 1. The van der Waals surface area contributed by atoms with Crippen LogP contribution in [-0.2, 0) is 4.79 Å². The van der Waals surface area contributed by atoms with Crippen molar-refractivity contribution < 1.29 is 4.79 Å². The van der Waals surface area contributed by atoms with E-state index in [1.807, 2.05) is 35.2 Å². The first-order chi connectivity index (χ1) is 9.77. The molecule has 0 saturated carbocycles. The number of piperazine rings is 1. The molecule has 20 heavy (non-hydrogen) atoms. The number of aromatic nitrogens is 4. The van der Waals surface area contributed by atoms with Crippen LogP contribution in [0.2, 0.25) is 0 Å². The number of hydrogen-bond acceptors (Lipinski definition) is 6. The van der Waals surface area contributed by atoms with E-state index in [-0.39, 0.29) is 5.91 Å². The van der Waals surface area contributed by atoms with Gasteiger partial charge in [-0.05, 0) is 22.6 Å². The second-order valence-corrected chi connectivity index (χ2v) is 4.54. The summed E-state index contributed by atoms with van der Waals surface area (Å²) in [5.41, 5.74) is 6.30. The maximum absolute atomic E-state index is 11.6. The SMILES string of the molecule is NC(=O)C1CNCCN1c1nnnn1-c1ccccc1. The van der Waals surface area contributed by atoms with Crippen LogP contribution in [0.25, 0.3) is 5.69 Å². The fraction of sp³-hybridized carbons (Fsp3) is 0.333. The van der Waals surface area contributed by atoms with E-state index < -0.39 is 6.04 Å². The molecule has 2 heterocycles. The highest BCUT2D eigenvalue weighted by Crippen LogP contribution is 2.18. The molecule has 0 radical (unpaired) electrons. The zero-order valence-corrected chi connectivity index (χ0v) is 10.8. The third-order valence-corrected chi connectivity index (χ3v) is 3.28. The Morgan fingerprint density at radius 2 is 2.15 bits per heavy atom. The summed E-state index contributed by atoms with van der Waals surface area (Å²) in [6, 6.07) is 9.10. The van der Waals surface area contributed by atoms with Gasteiger partial charge in [0.05, 0.1) is 5.69 Å². The van der Waals surface area contributed by atoms with Gasteiger partial charge in [-0.1, -0.05) is 23.3 Å². The van der Waals surface area contributed by atoms with E-state index in [1.54, 1.807) is 4.68 Å². The van der Waals surface area contributed by atoms with Crippen molar-refractivity contribution >= 4 is 11.9 Å². The fourth-order valence-corrected chi connectivity index (χ4v) is 2.30. The number of nitrogens with one attached hydrogen (secondary N) is 1. The van der Waals surface area contributed by atoms with Gasteiger partial charge >= 0.3 is 0 Å². The number of benzene rings is 1. The Labute approximate surface area is 115 Å². The quantitative estimate of drug-likeness (QED) is 0.738. The Hall–Kier alpha value is -2.48. The summed E-state index contributed by atoms with van der Waals surface area (Å²) in [6.07, 6.45) is 0. The fourth-order valence-electron chi connectivity index (χ4n) is 2.30. The van der Waals surface area contributed by atoms with Gasteiger partial charge in [-0.3, -0.25) is 4.79 Å². The number of rotatable bonds is 3. The minimum atomic E-state index is -0.447. The van der Waals surface area contributed by atoms with E-state index in [9.17, 15) is 4.79 Å². The van der Waals surface area contributed by atoms with E-state index in [4.69, 9.17) is 5.73 Å². The van der Waals surface area contributed by atoms with Crippen molar-refractivity contribution in [2.75, 3.05) is 24.5 Å². The molecule has 1 unspecified atom stereocenters. The Bertz CT molecular complexity index is 597. The third-order valence-electron chi connectivity index (χ3n) is 3.28. The average molecular weight is 273 g/mol. The minimum Gasteiger partial charge on any atom is -0.368 e. The normalized spacial score (nSPS) is 19.0. The molecule has 8 heteroatoms. The van der Waals surface area contributed by atoms with Crippen LogP contribution in [0.1, 0.15) is 0 Å². The first-order valence-corrected chi connectivity index (χ1v) is 6.38. The summed E-state index contributed by atoms with van der Waals surface area (Å²) in [7, 11) is 0. The first kappa shape index (κ1) is 12.5. The molecule has 1 atom stereocenters. The van der Waals surface area contributed by atoms with Gasteiger partial charge in [-0.2, -0.15) is 4.68 Å². The summed E-state index contributed by atoms with van der Waals surface area (Å²) in [6.45, 7) is 1.88. The van der Waals surface area contributed by atoms with E-state index in [1.165, 1.54) is 0 Å². The molecule has 104 valence electrons. The zero-order valence-electron chi connectivity index (χ0n) is 10.8. The van der Waals surface area contributed by atoms with Crippen LogP contribution in [0.5, 0.6) is 0 Å². The molecule has 1 amide bonds. The topological polar surface area (TPSA) is 102 Å². The predicted octanol–water partition coefficient (Wildman–Crippen LogP) is -1.07. The molecule has 3 N–H and O–H groups in total. The number of primary amides is 1. The molecule has 1 aliphatic heterocycles. The number of amides is 1. The van der Waals surface area contributed by atoms with Crippen LogP contribution < -0.4 is 16.0 Å². The van der Waals surface area contributed by atoms with Gasteiger partial charge in [0.25, 0.3) is 5.95 Å². The number of hydrogen-bond donors (Lipinski definition) is 2. The van der Waals surface area contributed by atoms with Gasteiger partial charge in [0.15, 0.2) is 0 Å². The van der Waals surface area contributed by atoms with Crippen LogP contribution in [-0.4, -0.2) is 51.8 Å². The predicted molar refractivity (Wildman–Crippen MR) is 72.4 cm³/mol. The lowest BCUT2D eigenvalue weighted by Crippen LogP contribution is -2.57. The van der Waals surface area contributed by atoms with E-state index in [0.29, 0.717) is 19.0 Å². The van der Waals surface area contributed by atoms with Crippen molar-refractivity contribution in [1.82, 2.24) is 25.5 Å². The van der Waals surface area contributed by atoms with Gasteiger partial charge in [-0.25, -0.2) is 0 Å². The molecule has 0 spiro atoms. The van der Waals surface area contributed by atoms with Gasteiger partial charge in [-0.15, -0.1) is 0 Å². The lowest BCUT2D eigenvalue weighted by Gasteiger charge is -2.34. The highest BCUT2D eigenvalue weighted by atomic mass is 16.1. The summed E-state index contributed by atoms with van der Waals surface area (Å²) < 4.78 is 1.61. The highest BCUT2D eigenvalue weighted by molar-refractivity contribution is 5.83. The maximum Gasteiger partial charge on any atom is 0.251 e. The summed E-state index contributed by atoms with van der Waals surface area (Å²) in [4.78, 5) is 13.4. The number of anilines is 1. The van der Waals surface area contributed by atoms with Gasteiger partial charge in [0.1, 0.15) is 6.04 Å². The molecule has 3 rings (SSSR count). The Balaban J connectivity index is 1.98. The molecule has 2 aromatic rings. The lowest BCUT2D eigenvalue weighted by atomic mass is 10.2. The summed E-state index contributed by atoms with van der Waals surface area (Å²) >= 11 is 0. The maximum atomic E-state index is 11.6. The van der Waals surface area contributed by atoms with Crippen LogP contribution in [0, 0.1) is 0 Å². The number of nitrogens with zero attached hydrogens (tertiary/aromatic N) is 5.